The average molecular weight is 490 g/mol. The molecule has 0 N–H and O–H groups in total. The number of rotatable bonds is 5. The van der Waals surface area contributed by atoms with E-state index in [1.807, 2.05) is 30.3 Å². The number of aromatic nitrogens is 1. The second kappa shape index (κ2) is 9.09. The minimum Gasteiger partial charge on any atom is -0.355 e. The van der Waals surface area contributed by atoms with Gasteiger partial charge >= 0.3 is 0 Å². The van der Waals surface area contributed by atoms with Crippen molar-refractivity contribution in [3.05, 3.63) is 83.9 Å². The molecule has 1 amide bonds. The number of ketones is 1. The van der Waals surface area contributed by atoms with Crippen LogP contribution in [0.5, 0.6) is 0 Å². The van der Waals surface area contributed by atoms with Crippen LogP contribution in [0.1, 0.15) is 27.6 Å². The van der Waals surface area contributed by atoms with Crippen LogP contribution in [0.4, 0.5) is 0 Å². The van der Waals surface area contributed by atoms with Crippen molar-refractivity contribution < 1.29 is 22.5 Å². The second-order valence-corrected chi connectivity index (χ2v) is 10.3. The molecule has 178 valence electrons. The van der Waals surface area contributed by atoms with Crippen LogP contribution in [0.25, 0.3) is 22.2 Å². The summed E-state index contributed by atoms with van der Waals surface area (Å²) in [5.74, 6) is 0.304. The Kier molecular flexibility index (Phi) is 5.96. The van der Waals surface area contributed by atoms with Gasteiger partial charge in [0, 0.05) is 42.9 Å². The fraction of sp³-hybridized carbons (Fsp3) is 0.192. The zero-order chi connectivity index (χ0) is 24.6. The zero-order valence-electron chi connectivity index (χ0n) is 19.0. The second-order valence-electron chi connectivity index (χ2n) is 8.39. The van der Waals surface area contributed by atoms with Crippen LogP contribution in [-0.2, 0) is 10.0 Å². The van der Waals surface area contributed by atoms with E-state index in [-0.39, 0.29) is 42.8 Å². The van der Waals surface area contributed by atoms with Crippen molar-refractivity contribution in [3.63, 3.8) is 0 Å². The van der Waals surface area contributed by atoms with Crippen molar-refractivity contribution in [2.75, 3.05) is 26.2 Å². The van der Waals surface area contributed by atoms with E-state index in [4.69, 9.17) is 4.52 Å². The molecule has 1 fully saturated rings. The lowest BCUT2D eigenvalue weighted by molar-refractivity contribution is 0.0698. The van der Waals surface area contributed by atoms with E-state index >= 15 is 0 Å². The van der Waals surface area contributed by atoms with Gasteiger partial charge in [0.25, 0.3) is 5.91 Å². The number of hydrogen-bond donors (Lipinski definition) is 0. The fourth-order valence-electron chi connectivity index (χ4n) is 4.20. The number of nitrogens with zero attached hydrogens (tertiary/aromatic N) is 3. The van der Waals surface area contributed by atoms with Crippen LogP contribution in [0.15, 0.2) is 82.2 Å². The molecule has 0 aliphatic carbocycles. The molecule has 0 atom stereocenters. The van der Waals surface area contributed by atoms with Crippen molar-refractivity contribution >= 4 is 32.6 Å². The fourth-order valence-corrected chi connectivity index (χ4v) is 5.62. The van der Waals surface area contributed by atoms with Crippen LogP contribution in [-0.4, -0.2) is 60.6 Å². The highest BCUT2D eigenvalue weighted by Gasteiger charge is 2.30. The van der Waals surface area contributed by atoms with Gasteiger partial charge in [-0.15, -0.1) is 0 Å². The summed E-state index contributed by atoms with van der Waals surface area (Å²) in [6, 6.07) is 20.7. The van der Waals surface area contributed by atoms with E-state index in [9.17, 15) is 18.0 Å². The summed E-state index contributed by atoms with van der Waals surface area (Å²) >= 11 is 0. The van der Waals surface area contributed by atoms with E-state index in [1.54, 1.807) is 23.1 Å². The standard InChI is InChI=1S/C26H23N3O5S/c1-18(30)19-7-10-22(11-8-19)35(32,33)29-15-13-28(14-16-29)26(31)21-9-12-24-23(17-21)25(34-27-24)20-5-3-2-4-6-20/h2-12,17H,13-16H2,1H3. The number of amides is 1. The lowest BCUT2D eigenvalue weighted by Gasteiger charge is -2.34. The van der Waals surface area contributed by atoms with Crippen molar-refractivity contribution in [2.24, 2.45) is 0 Å². The van der Waals surface area contributed by atoms with Crippen LogP contribution >= 0.6 is 0 Å². The first-order chi connectivity index (χ1) is 16.8. The van der Waals surface area contributed by atoms with Gasteiger partial charge in [-0.25, -0.2) is 8.42 Å². The summed E-state index contributed by atoms with van der Waals surface area (Å²) in [5, 5.41) is 4.84. The smallest absolute Gasteiger partial charge is 0.253 e. The highest BCUT2D eigenvalue weighted by Crippen LogP contribution is 2.29. The largest absolute Gasteiger partial charge is 0.355 e. The lowest BCUT2D eigenvalue weighted by atomic mass is 10.1. The Morgan fingerprint density at radius 1 is 0.857 bits per heavy atom. The summed E-state index contributed by atoms with van der Waals surface area (Å²) in [5.41, 5.74) is 2.48. The number of fused-ring (bicyclic) bond motifs is 1. The molecule has 1 saturated heterocycles. The Morgan fingerprint density at radius 3 is 2.17 bits per heavy atom. The Morgan fingerprint density at radius 2 is 1.51 bits per heavy atom. The quantitative estimate of drug-likeness (QED) is 0.395. The van der Waals surface area contributed by atoms with Gasteiger partial charge in [0.2, 0.25) is 10.0 Å². The first-order valence-corrected chi connectivity index (χ1v) is 12.6. The third-order valence-corrected chi connectivity index (χ3v) is 8.10. The summed E-state index contributed by atoms with van der Waals surface area (Å²) < 4.78 is 32.9. The number of hydrogen-bond acceptors (Lipinski definition) is 6. The summed E-state index contributed by atoms with van der Waals surface area (Å²) in [4.78, 5) is 26.5. The first kappa shape index (κ1) is 22.9. The Hall–Kier alpha value is -3.82. The molecule has 8 nitrogen and oxygen atoms in total. The van der Waals surface area contributed by atoms with Gasteiger partial charge in [-0.3, -0.25) is 9.59 Å². The van der Waals surface area contributed by atoms with Crippen molar-refractivity contribution in [1.29, 1.82) is 0 Å². The highest BCUT2D eigenvalue weighted by molar-refractivity contribution is 7.89. The predicted molar refractivity (Wildman–Crippen MR) is 131 cm³/mol. The topological polar surface area (TPSA) is 101 Å². The van der Waals surface area contributed by atoms with E-state index < -0.39 is 10.0 Å². The maximum absolute atomic E-state index is 13.2. The van der Waals surface area contributed by atoms with Gasteiger partial charge in [-0.1, -0.05) is 47.6 Å². The molecule has 35 heavy (non-hydrogen) atoms. The number of carbonyl (C=O) groups is 2. The Balaban J connectivity index is 1.31. The maximum atomic E-state index is 13.2. The highest BCUT2D eigenvalue weighted by atomic mass is 32.2. The third-order valence-electron chi connectivity index (χ3n) is 6.18. The molecule has 5 rings (SSSR count). The molecule has 3 aromatic carbocycles. The van der Waals surface area contributed by atoms with Gasteiger partial charge in [-0.2, -0.15) is 4.31 Å². The van der Waals surface area contributed by atoms with Crippen LogP contribution in [0, 0.1) is 0 Å². The maximum Gasteiger partial charge on any atom is 0.253 e. The molecule has 9 heteroatoms. The molecule has 1 aliphatic rings. The van der Waals surface area contributed by atoms with Crippen molar-refractivity contribution in [3.8, 4) is 11.3 Å². The van der Waals surface area contributed by atoms with Gasteiger partial charge in [-0.05, 0) is 37.3 Å². The van der Waals surface area contributed by atoms with E-state index in [0.717, 1.165) is 10.9 Å². The van der Waals surface area contributed by atoms with Crippen LogP contribution in [0.2, 0.25) is 0 Å². The van der Waals surface area contributed by atoms with Gasteiger partial charge in [0.05, 0.1) is 10.3 Å². The lowest BCUT2D eigenvalue weighted by Crippen LogP contribution is -2.50. The summed E-state index contributed by atoms with van der Waals surface area (Å²) in [6.45, 7) is 2.36. The third kappa shape index (κ3) is 4.36. The summed E-state index contributed by atoms with van der Waals surface area (Å²) in [7, 11) is -3.71. The minimum atomic E-state index is -3.71. The SMILES string of the molecule is CC(=O)c1ccc(S(=O)(=O)N2CCN(C(=O)c3ccc4noc(-c5ccccc5)c4c3)CC2)cc1. The molecular weight excluding hydrogens is 466 g/mol. The van der Waals surface area contributed by atoms with Gasteiger partial charge < -0.3 is 9.42 Å². The number of Topliss-reactive ketones (excluding diaryl/α,β-unsaturated/α-hetero) is 1. The van der Waals surface area contributed by atoms with Crippen molar-refractivity contribution in [1.82, 2.24) is 14.4 Å². The monoisotopic (exact) mass is 489 g/mol. The minimum absolute atomic E-state index is 0.124. The van der Waals surface area contributed by atoms with Crippen LogP contribution < -0.4 is 0 Å². The number of benzene rings is 3. The Bertz CT molecular complexity index is 1500. The number of piperazine rings is 1. The Labute approximate surface area is 202 Å². The first-order valence-electron chi connectivity index (χ1n) is 11.2. The zero-order valence-corrected chi connectivity index (χ0v) is 19.9. The molecule has 0 saturated carbocycles. The molecule has 0 radical (unpaired) electrons. The van der Waals surface area contributed by atoms with Crippen molar-refractivity contribution in [2.45, 2.75) is 11.8 Å². The molecule has 4 aromatic rings. The van der Waals surface area contributed by atoms with E-state index in [0.29, 0.717) is 22.4 Å². The predicted octanol–water partition coefficient (Wildman–Crippen LogP) is 3.84. The molecule has 0 unspecified atom stereocenters. The van der Waals surface area contributed by atoms with Crippen LogP contribution in [0.3, 0.4) is 0 Å². The van der Waals surface area contributed by atoms with E-state index in [1.165, 1.54) is 35.5 Å². The average Bonchev–Trinajstić information content (AvgIpc) is 3.32. The molecule has 0 spiro atoms. The molecule has 0 bridgehead atoms. The molecular formula is C26H23N3O5S. The van der Waals surface area contributed by atoms with E-state index in [2.05, 4.69) is 5.16 Å². The molecule has 1 aliphatic heterocycles. The van der Waals surface area contributed by atoms with Gasteiger partial charge in [0.15, 0.2) is 11.5 Å². The molecule has 2 heterocycles. The molecule has 1 aromatic heterocycles. The normalized spacial score (nSPS) is 14.8. The summed E-state index contributed by atoms with van der Waals surface area (Å²) in [6.07, 6.45) is 0. The number of sulfonamides is 1. The number of carbonyl (C=O) groups excluding carboxylic acids is 2. The van der Waals surface area contributed by atoms with Gasteiger partial charge in [0.1, 0.15) is 5.52 Å².